The van der Waals surface area contributed by atoms with E-state index in [-0.39, 0.29) is 0 Å². The Hall–Kier alpha value is -1.98. The lowest BCUT2D eigenvalue weighted by atomic mass is 10.2. The van der Waals surface area contributed by atoms with Gasteiger partial charge < -0.3 is 5.32 Å². The number of hydrogen-bond acceptors (Lipinski definition) is 4. The molecule has 0 fully saturated rings. The van der Waals surface area contributed by atoms with Crippen LogP contribution in [-0.2, 0) is 13.0 Å². The summed E-state index contributed by atoms with van der Waals surface area (Å²) in [7, 11) is 0. The average Bonchev–Trinajstić information content (AvgIpc) is 3.19. The number of nitrogens with one attached hydrogen (secondary N) is 2. The second kappa shape index (κ2) is 7.15. The molecule has 21 heavy (non-hydrogen) atoms. The molecule has 2 heterocycles. The molecular weight excluding hydrogens is 280 g/mol. The zero-order valence-corrected chi connectivity index (χ0v) is 12.6. The predicted octanol–water partition coefficient (Wildman–Crippen LogP) is 3.26. The third-order valence-electron chi connectivity index (χ3n) is 3.25. The van der Waals surface area contributed by atoms with Crippen LogP contribution in [0, 0.1) is 0 Å². The van der Waals surface area contributed by atoms with Crippen molar-refractivity contribution in [2.24, 2.45) is 0 Å². The number of hydrogen-bond donors (Lipinski definition) is 2. The molecule has 0 saturated heterocycles. The molecule has 0 aliphatic carbocycles. The first-order valence-corrected chi connectivity index (χ1v) is 7.92. The maximum Gasteiger partial charge on any atom is 0.137 e. The summed E-state index contributed by atoms with van der Waals surface area (Å²) >= 11 is 1.85. The molecule has 1 aromatic carbocycles. The SMILES string of the molecule is c1ccc(-c2ccc(CNCCCc3ncn[nH]3)s2)cc1. The lowest BCUT2D eigenvalue weighted by molar-refractivity contribution is 0.644. The van der Waals surface area contributed by atoms with Gasteiger partial charge in [-0.3, -0.25) is 5.10 Å². The van der Waals surface area contributed by atoms with Gasteiger partial charge in [-0.05, 0) is 30.7 Å². The van der Waals surface area contributed by atoms with E-state index in [9.17, 15) is 0 Å². The molecule has 2 N–H and O–H groups in total. The summed E-state index contributed by atoms with van der Waals surface area (Å²) in [5, 5.41) is 10.2. The molecule has 0 aliphatic rings. The maximum absolute atomic E-state index is 4.12. The van der Waals surface area contributed by atoms with Gasteiger partial charge >= 0.3 is 0 Å². The highest BCUT2D eigenvalue weighted by Gasteiger charge is 2.02. The summed E-state index contributed by atoms with van der Waals surface area (Å²) in [6.07, 6.45) is 3.55. The van der Waals surface area contributed by atoms with Crippen LogP contribution < -0.4 is 5.32 Å². The largest absolute Gasteiger partial charge is 0.312 e. The van der Waals surface area contributed by atoms with Crippen LogP contribution in [0.15, 0.2) is 48.8 Å². The van der Waals surface area contributed by atoms with Gasteiger partial charge in [0.15, 0.2) is 0 Å². The van der Waals surface area contributed by atoms with E-state index in [1.807, 2.05) is 17.4 Å². The number of nitrogens with zero attached hydrogens (tertiary/aromatic N) is 2. The summed E-state index contributed by atoms with van der Waals surface area (Å²) in [5.41, 5.74) is 1.29. The number of aromatic nitrogens is 3. The van der Waals surface area contributed by atoms with Crippen molar-refractivity contribution in [1.82, 2.24) is 20.5 Å². The lowest BCUT2D eigenvalue weighted by Crippen LogP contribution is -2.14. The Kier molecular flexibility index (Phi) is 4.76. The second-order valence-corrected chi connectivity index (χ2v) is 6.01. The number of H-pyrrole nitrogens is 1. The Morgan fingerprint density at radius 2 is 2.00 bits per heavy atom. The highest BCUT2D eigenvalue weighted by Crippen LogP contribution is 2.27. The summed E-state index contributed by atoms with van der Waals surface area (Å²) in [5.74, 6) is 0.958. The number of benzene rings is 1. The standard InChI is InChI=1S/C16H18N4S/c1-2-5-13(6-3-1)15-9-8-14(21-15)11-17-10-4-7-16-18-12-19-20-16/h1-3,5-6,8-9,12,17H,4,7,10-11H2,(H,18,19,20). The number of thiophene rings is 1. The van der Waals surface area contributed by atoms with E-state index >= 15 is 0 Å². The van der Waals surface area contributed by atoms with Gasteiger partial charge in [0.25, 0.3) is 0 Å². The van der Waals surface area contributed by atoms with Crippen LogP contribution in [0.3, 0.4) is 0 Å². The number of rotatable bonds is 7. The summed E-state index contributed by atoms with van der Waals surface area (Å²) in [4.78, 5) is 6.81. The molecule has 0 spiro atoms. The molecule has 0 saturated carbocycles. The zero-order chi connectivity index (χ0) is 14.3. The monoisotopic (exact) mass is 298 g/mol. The van der Waals surface area contributed by atoms with Crippen molar-refractivity contribution in [2.75, 3.05) is 6.54 Å². The van der Waals surface area contributed by atoms with Crippen LogP contribution >= 0.6 is 11.3 Å². The quantitative estimate of drug-likeness (QED) is 0.658. The summed E-state index contributed by atoms with van der Waals surface area (Å²) in [6.45, 7) is 1.91. The fourth-order valence-corrected chi connectivity index (χ4v) is 3.16. The average molecular weight is 298 g/mol. The van der Waals surface area contributed by atoms with Crippen LogP contribution in [-0.4, -0.2) is 21.7 Å². The van der Waals surface area contributed by atoms with Crippen LogP contribution in [0.2, 0.25) is 0 Å². The molecular formula is C16H18N4S. The van der Waals surface area contributed by atoms with E-state index in [2.05, 4.69) is 56.9 Å². The van der Waals surface area contributed by atoms with Crippen LogP contribution in [0.4, 0.5) is 0 Å². The number of aromatic amines is 1. The molecule has 0 unspecified atom stereocenters. The van der Waals surface area contributed by atoms with Crippen molar-refractivity contribution in [3.8, 4) is 10.4 Å². The molecule has 108 valence electrons. The minimum atomic E-state index is 0.925. The third kappa shape index (κ3) is 4.00. The third-order valence-corrected chi connectivity index (χ3v) is 4.39. The summed E-state index contributed by atoms with van der Waals surface area (Å²) < 4.78 is 0. The van der Waals surface area contributed by atoms with E-state index in [1.54, 1.807) is 6.33 Å². The van der Waals surface area contributed by atoms with Gasteiger partial charge in [0.2, 0.25) is 0 Å². The smallest absolute Gasteiger partial charge is 0.137 e. The van der Waals surface area contributed by atoms with Crippen LogP contribution in [0.1, 0.15) is 17.1 Å². The molecule has 0 atom stereocenters. The number of aryl methyl sites for hydroxylation is 1. The highest BCUT2D eigenvalue weighted by atomic mass is 32.1. The van der Waals surface area contributed by atoms with Gasteiger partial charge in [0.1, 0.15) is 12.2 Å². The van der Waals surface area contributed by atoms with E-state index in [4.69, 9.17) is 0 Å². The minimum absolute atomic E-state index is 0.925. The summed E-state index contributed by atoms with van der Waals surface area (Å²) in [6, 6.07) is 14.9. The Morgan fingerprint density at radius 3 is 2.81 bits per heavy atom. The van der Waals surface area contributed by atoms with Gasteiger partial charge in [-0.15, -0.1) is 11.3 Å². The Morgan fingerprint density at radius 1 is 1.10 bits per heavy atom. The Balaban J connectivity index is 1.43. The zero-order valence-electron chi connectivity index (χ0n) is 11.7. The molecule has 2 aromatic heterocycles. The van der Waals surface area contributed by atoms with Gasteiger partial charge in [-0.2, -0.15) is 5.10 Å². The Bertz CT molecular complexity index is 646. The first-order valence-electron chi connectivity index (χ1n) is 7.11. The van der Waals surface area contributed by atoms with E-state index < -0.39 is 0 Å². The first-order chi connectivity index (χ1) is 10.4. The van der Waals surface area contributed by atoms with Crippen molar-refractivity contribution in [3.63, 3.8) is 0 Å². The lowest BCUT2D eigenvalue weighted by Gasteiger charge is -2.01. The molecule has 3 aromatic rings. The van der Waals surface area contributed by atoms with Gasteiger partial charge in [0, 0.05) is 22.7 Å². The van der Waals surface area contributed by atoms with Crippen molar-refractivity contribution in [1.29, 1.82) is 0 Å². The Labute approximate surface area is 128 Å². The van der Waals surface area contributed by atoms with Crippen LogP contribution in [0.5, 0.6) is 0 Å². The van der Waals surface area contributed by atoms with E-state index in [1.165, 1.54) is 15.3 Å². The molecule has 0 radical (unpaired) electrons. The highest BCUT2D eigenvalue weighted by molar-refractivity contribution is 7.15. The predicted molar refractivity (Wildman–Crippen MR) is 86.2 cm³/mol. The first kappa shape index (κ1) is 14.0. The fourth-order valence-electron chi connectivity index (χ4n) is 2.17. The second-order valence-electron chi connectivity index (χ2n) is 4.84. The van der Waals surface area contributed by atoms with Crippen LogP contribution in [0.25, 0.3) is 10.4 Å². The van der Waals surface area contributed by atoms with Gasteiger partial charge in [-0.25, -0.2) is 4.98 Å². The van der Waals surface area contributed by atoms with Crippen molar-refractivity contribution < 1.29 is 0 Å². The van der Waals surface area contributed by atoms with E-state index in [0.717, 1.165) is 31.8 Å². The molecule has 0 bridgehead atoms. The van der Waals surface area contributed by atoms with Gasteiger partial charge in [0.05, 0.1) is 0 Å². The molecule has 4 nitrogen and oxygen atoms in total. The molecule has 0 aliphatic heterocycles. The molecule has 3 rings (SSSR count). The van der Waals surface area contributed by atoms with Crippen molar-refractivity contribution in [2.45, 2.75) is 19.4 Å². The van der Waals surface area contributed by atoms with E-state index in [0.29, 0.717) is 0 Å². The van der Waals surface area contributed by atoms with Crippen molar-refractivity contribution >= 4 is 11.3 Å². The molecule has 0 amide bonds. The minimum Gasteiger partial charge on any atom is -0.312 e. The fraction of sp³-hybridized carbons (Fsp3) is 0.250. The van der Waals surface area contributed by atoms with Gasteiger partial charge in [-0.1, -0.05) is 30.3 Å². The topological polar surface area (TPSA) is 53.6 Å². The maximum atomic E-state index is 4.12. The van der Waals surface area contributed by atoms with Crippen molar-refractivity contribution in [3.05, 3.63) is 59.5 Å². The molecule has 5 heteroatoms. The normalized spacial score (nSPS) is 10.9.